The maximum atomic E-state index is 10.9. The van der Waals surface area contributed by atoms with Crippen LogP contribution in [0.4, 0.5) is 5.69 Å². The Hall–Kier alpha value is -1.92. The summed E-state index contributed by atoms with van der Waals surface area (Å²) in [5.41, 5.74) is 1.62. The molecule has 0 bridgehead atoms. The van der Waals surface area contributed by atoms with Gasteiger partial charge < -0.3 is 4.74 Å². The highest BCUT2D eigenvalue weighted by Gasteiger charge is 2.17. The largest absolute Gasteiger partial charge is 0.438 e. The van der Waals surface area contributed by atoms with Crippen molar-refractivity contribution in [3.8, 4) is 11.6 Å². The molecule has 2 aromatic rings. The summed E-state index contributed by atoms with van der Waals surface area (Å²) in [4.78, 5) is 18.3. The predicted molar refractivity (Wildman–Crippen MR) is 79.2 cm³/mol. The maximum Gasteiger partial charge on any atom is 0.272 e. The lowest BCUT2D eigenvalue weighted by Crippen LogP contribution is -1.99. The number of hydrogen-bond acceptors (Lipinski definition) is 5. The van der Waals surface area contributed by atoms with Crippen LogP contribution in [-0.4, -0.2) is 14.9 Å². The van der Waals surface area contributed by atoms with Crippen LogP contribution < -0.4 is 4.74 Å². The molecule has 0 amide bonds. The topological polar surface area (TPSA) is 78.2 Å². The summed E-state index contributed by atoms with van der Waals surface area (Å²) in [5.74, 6) is 0.792. The molecule has 0 saturated heterocycles. The predicted octanol–water partition coefficient (Wildman–Crippen LogP) is 4.19. The Kier molecular flexibility index (Phi) is 4.59. The molecule has 0 saturated carbocycles. The molecule has 110 valence electrons. The monoisotopic (exact) mass is 327 g/mol. The summed E-state index contributed by atoms with van der Waals surface area (Å²) in [6, 6.07) is 3.04. The van der Waals surface area contributed by atoms with Gasteiger partial charge in [-0.3, -0.25) is 10.1 Å². The quantitative estimate of drug-likeness (QED) is 0.364. The first-order valence-corrected chi connectivity index (χ1v) is 6.84. The molecule has 0 aliphatic carbocycles. The SMILES string of the molecule is Cc1cc([N+](=O)[O-])c(C)cc1Oc1ncnc(Cl)c1CCl. The highest BCUT2D eigenvalue weighted by molar-refractivity contribution is 6.31. The smallest absolute Gasteiger partial charge is 0.272 e. The minimum Gasteiger partial charge on any atom is -0.438 e. The summed E-state index contributed by atoms with van der Waals surface area (Å²) in [6.45, 7) is 3.35. The van der Waals surface area contributed by atoms with Crippen LogP contribution in [0.5, 0.6) is 11.6 Å². The number of nitro benzene ring substituents is 1. The van der Waals surface area contributed by atoms with E-state index in [1.807, 2.05) is 0 Å². The van der Waals surface area contributed by atoms with Crippen molar-refractivity contribution in [1.29, 1.82) is 0 Å². The number of nitro groups is 1. The van der Waals surface area contributed by atoms with Gasteiger partial charge in [0.2, 0.25) is 5.88 Å². The molecule has 1 heterocycles. The van der Waals surface area contributed by atoms with Gasteiger partial charge in [0, 0.05) is 11.6 Å². The molecule has 1 aromatic carbocycles. The summed E-state index contributed by atoms with van der Waals surface area (Å²) < 4.78 is 5.68. The van der Waals surface area contributed by atoms with Gasteiger partial charge in [-0.05, 0) is 25.5 Å². The van der Waals surface area contributed by atoms with Gasteiger partial charge in [0.1, 0.15) is 17.2 Å². The third kappa shape index (κ3) is 3.22. The number of aromatic nitrogens is 2. The van der Waals surface area contributed by atoms with Crippen molar-refractivity contribution in [2.75, 3.05) is 0 Å². The summed E-state index contributed by atoms with van der Waals surface area (Å²) >= 11 is 11.7. The fourth-order valence-corrected chi connectivity index (χ4v) is 2.26. The van der Waals surface area contributed by atoms with Crippen LogP contribution in [0.15, 0.2) is 18.5 Å². The average Bonchev–Trinajstić information content (AvgIpc) is 2.42. The van der Waals surface area contributed by atoms with Crippen LogP contribution in [0, 0.1) is 24.0 Å². The summed E-state index contributed by atoms with van der Waals surface area (Å²) in [7, 11) is 0. The zero-order valence-corrected chi connectivity index (χ0v) is 12.8. The highest BCUT2D eigenvalue weighted by Crippen LogP contribution is 2.33. The van der Waals surface area contributed by atoms with Crippen molar-refractivity contribution in [2.45, 2.75) is 19.7 Å². The van der Waals surface area contributed by atoms with Crippen LogP contribution >= 0.6 is 23.2 Å². The molecule has 6 nitrogen and oxygen atoms in total. The molecule has 0 fully saturated rings. The molecule has 1 aromatic heterocycles. The van der Waals surface area contributed by atoms with E-state index < -0.39 is 4.92 Å². The van der Waals surface area contributed by atoms with Crippen LogP contribution in [0.1, 0.15) is 16.7 Å². The number of alkyl halides is 1. The first kappa shape index (κ1) is 15.5. The minimum atomic E-state index is -0.433. The van der Waals surface area contributed by atoms with Gasteiger partial charge in [0.25, 0.3) is 5.69 Å². The van der Waals surface area contributed by atoms with Crippen LogP contribution in [0.25, 0.3) is 0 Å². The third-order valence-corrected chi connectivity index (χ3v) is 3.48. The van der Waals surface area contributed by atoms with Crippen LogP contribution in [0.3, 0.4) is 0 Å². The van der Waals surface area contributed by atoms with Crippen LogP contribution in [-0.2, 0) is 5.88 Å². The Morgan fingerprint density at radius 2 is 2.00 bits per heavy atom. The molecule has 21 heavy (non-hydrogen) atoms. The minimum absolute atomic E-state index is 0.0399. The molecular weight excluding hydrogens is 317 g/mol. The Labute approximate surface area is 130 Å². The van der Waals surface area contributed by atoms with Gasteiger partial charge in [0.05, 0.1) is 16.4 Å². The van der Waals surface area contributed by atoms with Crippen molar-refractivity contribution >= 4 is 28.9 Å². The van der Waals surface area contributed by atoms with E-state index in [1.165, 1.54) is 12.4 Å². The van der Waals surface area contributed by atoms with Gasteiger partial charge >= 0.3 is 0 Å². The molecular formula is C13H11Cl2N3O3. The molecule has 0 spiro atoms. The average molecular weight is 328 g/mol. The number of hydrogen-bond donors (Lipinski definition) is 0. The zero-order valence-electron chi connectivity index (χ0n) is 11.3. The fourth-order valence-electron chi connectivity index (χ4n) is 1.76. The van der Waals surface area contributed by atoms with E-state index in [9.17, 15) is 10.1 Å². The normalized spacial score (nSPS) is 10.5. The van der Waals surface area contributed by atoms with E-state index in [-0.39, 0.29) is 22.6 Å². The lowest BCUT2D eigenvalue weighted by atomic mass is 10.1. The van der Waals surface area contributed by atoms with Gasteiger partial charge in [-0.1, -0.05) is 11.6 Å². The van der Waals surface area contributed by atoms with E-state index in [0.717, 1.165) is 0 Å². The number of benzene rings is 1. The van der Waals surface area contributed by atoms with E-state index in [0.29, 0.717) is 22.4 Å². The molecule has 0 aliphatic heterocycles. The molecule has 8 heteroatoms. The summed E-state index contributed by atoms with van der Waals surface area (Å²) in [6.07, 6.45) is 1.27. The molecule has 2 rings (SSSR count). The maximum absolute atomic E-state index is 10.9. The second kappa shape index (κ2) is 6.24. The lowest BCUT2D eigenvalue weighted by Gasteiger charge is -2.11. The Morgan fingerprint density at radius 1 is 1.29 bits per heavy atom. The number of halogens is 2. The Balaban J connectivity index is 2.43. The van der Waals surface area contributed by atoms with E-state index in [1.54, 1.807) is 19.9 Å². The van der Waals surface area contributed by atoms with Crippen molar-refractivity contribution in [1.82, 2.24) is 9.97 Å². The van der Waals surface area contributed by atoms with Crippen molar-refractivity contribution in [3.63, 3.8) is 0 Å². The molecule has 0 N–H and O–H groups in total. The number of rotatable bonds is 4. The zero-order chi connectivity index (χ0) is 15.6. The van der Waals surface area contributed by atoms with E-state index >= 15 is 0 Å². The molecule has 0 unspecified atom stereocenters. The van der Waals surface area contributed by atoms with Gasteiger partial charge in [-0.15, -0.1) is 11.6 Å². The van der Waals surface area contributed by atoms with Gasteiger partial charge in [0.15, 0.2) is 0 Å². The second-order valence-electron chi connectivity index (χ2n) is 4.35. The lowest BCUT2D eigenvalue weighted by molar-refractivity contribution is -0.385. The third-order valence-electron chi connectivity index (χ3n) is 2.88. The highest BCUT2D eigenvalue weighted by atomic mass is 35.5. The summed E-state index contributed by atoms with van der Waals surface area (Å²) in [5, 5.41) is 11.1. The number of aryl methyl sites for hydroxylation is 2. The standard InChI is InChI=1S/C13H11Cl2N3O3/c1-7-4-11(8(2)3-10(7)18(19)20)21-13-9(5-14)12(15)16-6-17-13/h3-4,6H,5H2,1-2H3. The molecule has 0 radical (unpaired) electrons. The van der Waals surface area contributed by atoms with Crippen molar-refractivity contribution in [2.24, 2.45) is 0 Å². The molecule has 0 aliphatic rings. The van der Waals surface area contributed by atoms with Crippen molar-refractivity contribution < 1.29 is 9.66 Å². The van der Waals surface area contributed by atoms with E-state index in [4.69, 9.17) is 27.9 Å². The number of nitrogens with zero attached hydrogens (tertiary/aromatic N) is 3. The second-order valence-corrected chi connectivity index (χ2v) is 4.97. The Bertz CT molecular complexity index is 707. The first-order valence-electron chi connectivity index (χ1n) is 5.93. The van der Waals surface area contributed by atoms with E-state index in [2.05, 4.69) is 9.97 Å². The van der Waals surface area contributed by atoms with Gasteiger partial charge in [-0.2, -0.15) is 0 Å². The Morgan fingerprint density at radius 3 is 2.62 bits per heavy atom. The van der Waals surface area contributed by atoms with Crippen molar-refractivity contribution in [3.05, 3.63) is 50.4 Å². The first-order chi connectivity index (χ1) is 9.93. The number of ether oxygens (including phenoxy) is 1. The fraction of sp³-hybridized carbons (Fsp3) is 0.231. The molecule has 0 atom stereocenters. The van der Waals surface area contributed by atoms with Gasteiger partial charge in [-0.25, -0.2) is 9.97 Å². The van der Waals surface area contributed by atoms with Crippen LogP contribution in [0.2, 0.25) is 5.15 Å².